The van der Waals surface area contributed by atoms with Gasteiger partial charge in [0, 0.05) is 0 Å². The van der Waals surface area contributed by atoms with Crippen molar-refractivity contribution in [3.63, 3.8) is 0 Å². The zero-order valence-electron chi connectivity index (χ0n) is 9.18. The second-order valence-electron chi connectivity index (χ2n) is 4.52. The van der Waals surface area contributed by atoms with Gasteiger partial charge in [-0.1, -0.05) is 6.08 Å². The molecule has 2 aliphatic rings. The van der Waals surface area contributed by atoms with Crippen molar-refractivity contribution in [3.05, 3.63) is 12.7 Å². The van der Waals surface area contributed by atoms with Crippen molar-refractivity contribution in [1.29, 1.82) is 0 Å². The van der Waals surface area contributed by atoms with Crippen molar-refractivity contribution in [3.8, 4) is 0 Å². The molecule has 2 saturated heterocycles. The van der Waals surface area contributed by atoms with Crippen molar-refractivity contribution < 1.29 is 19.3 Å². The predicted molar refractivity (Wildman–Crippen MR) is 54.4 cm³/mol. The molecule has 0 aromatic carbocycles. The normalized spacial score (nSPS) is 40.1. The van der Waals surface area contributed by atoms with E-state index in [-0.39, 0.29) is 18.3 Å². The lowest BCUT2D eigenvalue weighted by Gasteiger charge is -2.16. The smallest absolute Gasteiger partial charge is 0.163 e. The first-order valence-electron chi connectivity index (χ1n) is 5.30. The van der Waals surface area contributed by atoms with Crippen LogP contribution in [0, 0.1) is 0 Å². The summed E-state index contributed by atoms with van der Waals surface area (Å²) in [5.41, 5.74) is 0. The molecule has 4 heteroatoms. The Labute approximate surface area is 89.8 Å². The van der Waals surface area contributed by atoms with Crippen molar-refractivity contribution >= 4 is 0 Å². The van der Waals surface area contributed by atoms with Crippen LogP contribution < -0.4 is 0 Å². The first kappa shape index (κ1) is 11.1. The van der Waals surface area contributed by atoms with E-state index in [1.54, 1.807) is 6.08 Å². The fraction of sp³-hybridized carbons (Fsp3) is 0.818. The first-order valence-corrected chi connectivity index (χ1v) is 5.30. The van der Waals surface area contributed by atoms with Gasteiger partial charge in [0.05, 0.1) is 12.7 Å². The highest BCUT2D eigenvalue weighted by atomic mass is 16.8. The maximum absolute atomic E-state index is 9.66. The van der Waals surface area contributed by atoms with E-state index in [0.717, 1.165) is 0 Å². The molecule has 0 aliphatic carbocycles. The Morgan fingerprint density at radius 3 is 2.87 bits per heavy atom. The molecule has 1 unspecified atom stereocenters. The van der Waals surface area contributed by atoms with E-state index in [1.807, 2.05) is 13.8 Å². The fourth-order valence-corrected chi connectivity index (χ4v) is 1.93. The Bertz CT molecular complexity index is 251. The molecule has 2 fully saturated rings. The van der Waals surface area contributed by atoms with Crippen molar-refractivity contribution in [1.82, 2.24) is 0 Å². The van der Waals surface area contributed by atoms with Gasteiger partial charge in [-0.25, -0.2) is 0 Å². The van der Waals surface area contributed by atoms with Gasteiger partial charge >= 0.3 is 0 Å². The Balaban J connectivity index is 1.82. The maximum atomic E-state index is 9.66. The summed E-state index contributed by atoms with van der Waals surface area (Å²) in [6.45, 7) is 7.88. The lowest BCUT2D eigenvalue weighted by Crippen LogP contribution is -2.27. The Kier molecular flexibility index (Phi) is 2.85. The van der Waals surface area contributed by atoms with Gasteiger partial charge in [-0.3, -0.25) is 0 Å². The van der Waals surface area contributed by atoms with Crippen molar-refractivity contribution in [2.75, 3.05) is 6.61 Å². The minimum absolute atomic E-state index is 0.0262. The predicted octanol–water partition coefficient (Wildman–Crippen LogP) is 0.842. The summed E-state index contributed by atoms with van der Waals surface area (Å²) in [4.78, 5) is 0. The van der Waals surface area contributed by atoms with Crippen LogP contribution in [-0.4, -0.2) is 41.9 Å². The average molecular weight is 214 g/mol. The molecule has 86 valence electrons. The summed E-state index contributed by atoms with van der Waals surface area (Å²) in [5, 5.41) is 9.66. The molecule has 0 aromatic rings. The van der Waals surface area contributed by atoms with Gasteiger partial charge in [-0.15, -0.1) is 6.58 Å². The molecule has 2 aliphatic heterocycles. The minimum Gasteiger partial charge on any atom is -0.390 e. The summed E-state index contributed by atoms with van der Waals surface area (Å²) < 4.78 is 16.5. The molecule has 0 saturated carbocycles. The van der Waals surface area contributed by atoms with E-state index < -0.39 is 11.9 Å². The molecule has 15 heavy (non-hydrogen) atoms. The van der Waals surface area contributed by atoms with Crippen molar-refractivity contribution in [2.24, 2.45) is 0 Å². The second kappa shape index (κ2) is 3.87. The molecule has 4 atom stereocenters. The van der Waals surface area contributed by atoms with E-state index in [2.05, 4.69) is 6.58 Å². The molecule has 2 rings (SSSR count). The van der Waals surface area contributed by atoms with Gasteiger partial charge in [-0.2, -0.15) is 0 Å². The van der Waals surface area contributed by atoms with Crippen LogP contribution in [0.2, 0.25) is 0 Å². The Morgan fingerprint density at radius 2 is 2.33 bits per heavy atom. The highest BCUT2D eigenvalue weighted by Gasteiger charge is 2.53. The third-order valence-electron chi connectivity index (χ3n) is 2.75. The largest absolute Gasteiger partial charge is 0.390 e. The van der Waals surface area contributed by atoms with Crippen LogP contribution in [0.1, 0.15) is 20.3 Å². The molecule has 0 bridgehead atoms. The quantitative estimate of drug-likeness (QED) is 0.556. The highest BCUT2D eigenvalue weighted by Crippen LogP contribution is 2.36. The summed E-state index contributed by atoms with van der Waals surface area (Å²) in [6.07, 6.45) is 1.58. The van der Waals surface area contributed by atoms with Gasteiger partial charge in [0.2, 0.25) is 0 Å². The van der Waals surface area contributed by atoms with Gasteiger partial charge in [-0.05, 0) is 20.3 Å². The number of ether oxygens (including phenoxy) is 3. The van der Waals surface area contributed by atoms with Gasteiger partial charge < -0.3 is 19.3 Å². The monoisotopic (exact) mass is 214 g/mol. The van der Waals surface area contributed by atoms with Crippen molar-refractivity contribution in [2.45, 2.75) is 50.5 Å². The summed E-state index contributed by atoms with van der Waals surface area (Å²) in [7, 11) is 0. The maximum Gasteiger partial charge on any atom is 0.163 e. The molecular formula is C11H18O4. The van der Waals surface area contributed by atoms with E-state index >= 15 is 0 Å². The number of aliphatic hydroxyl groups is 1. The van der Waals surface area contributed by atoms with Crippen LogP contribution in [0.25, 0.3) is 0 Å². The molecule has 0 aromatic heterocycles. The third-order valence-corrected chi connectivity index (χ3v) is 2.75. The number of hydrogen-bond acceptors (Lipinski definition) is 4. The number of hydrogen-bond donors (Lipinski definition) is 1. The zero-order chi connectivity index (χ0) is 11.1. The van der Waals surface area contributed by atoms with Gasteiger partial charge in [0.15, 0.2) is 5.79 Å². The molecule has 0 radical (unpaired) electrons. The molecule has 0 spiro atoms. The Morgan fingerprint density at radius 1 is 1.60 bits per heavy atom. The summed E-state index contributed by atoms with van der Waals surface area (Å²) in [6, 6.07) is 0. The second-order valence-corrected chi connectivity index (χ2v) is 4.52. The Hall–Kier alpha value is -0.420. The van der Waals surface area contributed by atoms with E-state index in [9.17, 15) is 5.11 Å². The first-order chi connectivity index (χ1) is 7.03. The molecule has 0 amide bonds. The molecule has 2 heterocycles. The molecular weight excluding hydrogens is 196 g/mol. The van der Waals surface area contributed by atoms with E-state index in [4.69, 9.17) is 14.2 Å². The average Bonchev–Trinajstić information content (AvgIpc) is 2.86. The highest BCUT2D eigenvalue weighted by molar-refractivity contribution is 4.99. The van der Waals surface area contributed by atoms with Gasteiger partial charge in [0.1, 0.15) is 18.3 Å². The van der Waals surface area contributed by atoms with Crippen LogP contribution in [0.3, 0.4) is 0 Å². The lowest BCUT2D eigenvalue weighted by molar-refractivity contribution is -0.140. The van der Waals surface area contributed by atoms with Crippen LogP contribution >= 0.6 is 0 Å². The number of rotatable bonds is 4. The zero-order valence-corrected chi connectivity index (χ0v) is 9.18. The lowest BCUT2D eigenvalue weighted by atomic mass is 10.1. The molecule has 4 nitrogen and oxygen atoms in total. The number of epoxide rings is 1. The fourth-order valence-electron chi connectivity index (χ4n) is 1.93. The topological polar surface area (TPSA) is 51.2 Å². The standard InChI is InChI=1S/C11H18O4/c1-4-5-7(12)9-10(14-9)8-6-13-11(2,3)15-8/h4,7-10,12H,1,5-6H2,2-3H3/t7-,8?,9+,10-/m0/s1. The third kappa shape index (κ3) is 2.39. The van der Waals surface area contributed by atoms with Gasteiger partial charge in [0.25, 0.3) is 0 Å². The number of aliphatic hydroxyl groups excluding tert-OH is 1. The van der Waals surface area contributed by atoms with Crippen LogP contribution in [-0.2, 0) is 14.2 Å². The van der Waals surface area contributed by atoms with Crippen LogP contribution in [0.4, 0.5) is 0 Å². The van der Waals surface area contributed by atoms with E-state index in [0.29, 0.717) is 13.0 Å². The minimum atomic E-state index is -0.523. The van der Waals surface area contributed by atoms with Crippen LogP contribution in [0.15, 0.2) is 12.7 Å². The SMILES string of the molecule is C=CC[C@H](O)[C@H]1O[C@H]1C1COC(C)(C)O1. The summed E-state index contributed by atoms with van der Waals surface area (Å²) >= 11 is 0. The summed E-state index contributed by atoms with van der Waals surface area (Å²) in [5.74, 6) is -0.523. The van der Waals surface area contributed by atoms with Crippen LogP contribution in [0.5, 0.6) is 0 Å². The van der Waals surface area contributed by atoms with E-state index in [1.165, 1.54) is 0 Å². The molecule has 1 N–H and O–H groups in total.